The molecule has 3 heterocycles. The number of cyclic esters (lactones) is 1. The number of nitrogens with zero attached hydrogens (tertiary/aromatic N) is 2. The number of aliphatic hydroxyl groups is 4. The van der Waals surface area contributed by atoms with E-state index in [-0.39, 0.29) is 52.7 Å². The third kappa shape index (κ3) is 11.7. The van der Waals surface area contributed by atoms with Gasteiger partial charge in [0.1, 0.15) is 23.9 Å². The number of ether oxygens (including phenoxy) is 7. The first kappa shape index (κ1) is 53.6. The smallest absolute Gasteiger partial charge is 0.368 e. The van der Waals surface area contributed by atoms with Gasteiger partial charge in [0.15, 0.2) is 12.6 Å². The van der Waals surface area contributed by atoms with Crippen LogP contribution < -0.4 is 0 Å². The number of aliphatic hydroxyl groups excluding tert-OH is 3. The molecular formula is C45H72Cl2N2O14. The summed E-state index contributed by atoms with van der Waals surface area (Å²) in [5.74, 6) is -5.28. The van der Waals surface area contributed by atoms with Crippen LogP contribution in [0.2, 0.25) is 10.0 Å². The molecule has 0 aromatic heterocycles. The second-order valence-electron chi connectivity index (χ2n) is 18.7. The van der Waals surface area contributed by atoms with Crippen molar-refractivity contribution in [2.24, 2.45) is 28.8 Å². The molecule has 360 valence electrons. The number of esters is 1. The number of methoxy groups -OCH3 is 2. The predicted octanol–water partition coefficient (Wildman–Crippen LogP) is 5.39. The largest absolute Gasteiger partial charge is 0.459 e. The molecule has 0 spiro atoms. The summed E-state index contributed by atoms with van der Waals surface area (Å²) in [5.41, 5.74) is -4.45. The summed E-state index contributed by atoms with van der Waals surface area (Å²) in [5, 5.41) is 51.4. The van der Waals surface area contributed by atoms with Crippen LogP contribution in [0.25, 0.3) is 0 Å². The lowest BCUT2D eigenvalue weighted by atomic mass is 9.73. The van der Waals surface area contributed by atoms with Crippen LogP contribution in [0.3, 0.4) is 0 Å². The molecule has 1 unspecified atom stereocenters. The van der Waals surface area contributed by atoms with Gasteiger partial charge in [-0.05, 0) is 87.0 Å². The number of rotatable bonds is 10. The lowest BCUT2D eigenvalue weighted by molar-refractivity contribution is -0.319. The summed E-state index contributed by atoms with van der Waals surface area (Å²) < 4.78 is 44.6. The first-order valence-electron chi connectivity index (χ1n) is 21.9. The van der Waals surface area contributed by atoms with Crippen molar-refractivity contribution in [3.63, 3.8) is 0 Å². The summed E-state index contributed by atoms with van der Waals surface area (Å²) in [6.45, 7) is 17.1. The van der Waals surface area contributed by atoms with Crippen molar-refractivity contribution in [2.45, 2.75) is 179 Å². The van der Waals surface area contributed by atoms with Crippen molar-refractivity contribution < 1.29 is 68.0 Å². The Morgan fingerprint density at radius 2 is 1.51 bits per heavy atom. The number of carbonyl (C=O) groups excluding carboxylic acids is 2. The van der Waals surface area contributed by atoms with Crippen LogP contribution in [0.4, 0.5) is 0 Å². The Balaban J connectivity index is 1.94. The SMILES string of the molecule is CC[C@H]1OC(=O)[C@H](C)[C@@H](O[C@H]2C[C@@](C)(OC)[C@@H](O)[C@H](C)O2)C(C)[C@@H](O[C@@H]2O[C@H](C)C[C@H](N(C)C)[C@H]2O)[C@](C)(OC)C[C@@H](C)/C(=N\OC(=O)c2c(Cl)cccc2Cl)[C@H](C)[C@@H](O)[C@]1(C)O. The van der Waals surface area contributed by atoms with Gasteiger partial charge in [-0.25, -0.2) is 4.79 Å². The molecule has 16 nitrogen and oxygen atoms in total. The van der Waals surface area contributed by atoms with E-state index in [2.05, 4.69) is 5.16 Å². The van der Waals surface area contributed by atoms with Crippen LogP contribution >= 0.6 is 23.2 Å². The second-order valence-corrected chi connectivity index (χ2v) is 19.5. The van der Waals surface area contributed by atoms with Gasteiger partial charge in [-0.1, -0.05) is 62.1 Å². The van der Waals surface area contributed by atoms with Crippen molar-refractivity contribution in [3.05, 3.63) is 33.8 Å². The van der Waals surface area contributed by atoms with Crippen molar-refractivity contribution in [1.82, 2.24) is 4.90 Å². The van der Waals surface area contributed by atoms with E-state index in [1.165, 1.54) is 33.3 Å². The summed E-state index contributed by atoms with van der Waals surface area (Å²) in [6, 6.07) is 4.20. The molecule has 0 amide bonds. The average molecular weight is 936 g/mol. The molecule has 0 radical (unpaired) electrons. The Hall–Kier alpha value is -2.03. The van der Waals surface area contributed by atoms with Crippen molar-refractivity contribution in [3.8, 4) is 0 Å². The maximum atomic E-state index is 14.5. The molecule has 4 rings (SSSR count). The van der Waals surface area contributed by atoms with Gasteiger partial charge in [0.05, 0.1) is 69.0 Å². The second kappa shape index (κ2) is 21.7. The lowest BCUT2D eigenvalue weighted by Crippen LogP contribution is -2.61. The quantitative estimate of drug-likeness (QED) is 0.132. The number of carbonyl (C=O) groups is 2. The predicted molar refractivity (Wildman–Crippen MR) is 235 cm³/mol. The zero-order valence-corrected chi connectivity index (χ0v) is 40.8. The number of benzene rings is 1. The zero-order valence-electron chi connectivity index (χ0n) is 39.2. The Kier molecular flexibility index (Phi) is 18.5. The fourth-order valence-corrected chi connectivity index (χ4v) is 10.2. The molecule has 3 aliphatic heterocycles. The van der Waals surface area contributed by atoms with Gasteiger partial charge in [0, 0.05) is 44.4 Å². The van der Waals surface area contributed by atoms with Gasteiger partial charge in [-0.2, -0.15) is 0 Å². The van der Waals surface area contributed by atoms with Crippen molar-refractivity contribution in [2.75, 3.05) is 28.3 Å². The van der Waals surface area contributed by atoms with Crippen molar-refractivity contribution in [1.29, 1.82) is 0 Å². The summed E-state index contributed by atoms with van der Waals surface area (Å²) in [6.07, 6.45) is -9.51. The number of hydrogen-bond donors (Lipinski definition) is 4. The fourth-order valence-electron chi connectivity index (χ4n) is 9.60. The Bertz CT molecular complexity index is 1720. The molecular weight excluding hydrogens is 863 g/mol. The van der Waals surface area contributed by atoms with E-state index in [4.69, 9.17) is 61.2 Å². The van der Waals surface area contributed by atoms with Gasteiger partial charge in [-0.15, -0.1) is 0 Å². The maximum Gasteiger partial charge on any atom is 0.368 e. The third-order valence-electron chi connectivity index (χ3n) is 13.7. The van der Waals surface area contributed by atoms with E-state index in [9.17, 15) is 30.0 Å². The molecule has 3 aliphatic rings. The van der Waals surface area contributed by atoms with Crippen LogP contribution in [-0.4, -0.2) is 156 Å². The maximum absolute atomic E-state index is 14.5. The first-order valence-corrected chi connectivity index (χ1v) is 22.6. The highest BCUT2D eigenvalue weighted by Gasteiger charge is 2.54. The zero-order chi connectivity index (χ0) is 47.5. The van der Waals surface area contributed by atoms with E-state index in [0.717, 1.165) is 0 Å². The molecule has 18 heteroatoms. The average Bonchev–Trinajstić information content (AvgIpc) is 3.22. The van der Waals surface area contributed by atoms with Crippen LogP contribution in [0.1, 0.15) is 105 Å². The summed E-state index contributed by atoms with van der Waals surface area (Å²) in [7, 11) is 6.72. The first-order chi connectivity index (χ1) is 29.3. The molecule has 63 heavy (non-hydrogen) atoms. The Morgan fingerprint density at radius 1 is 0.905 bits per heavy atom. The van der Waals surface area contributed by atoms with Gasteiger partial charge < -0.3 is 63.3 Å². The topological polar surface area (TPSA) is 204 Å². The normalized spacial score (nSPS) is 43.0. The Labute approximate surface area is 382 Å². The van der Waals surface area contributed by atoms with Gasteiger partial charge in [0.2, 0.25) is 0 Å². The molecule has 18 atom stereocenters. The van der Waals surface area contributed by atoms with Gasteiger partial charge in [0.25, 0.3) is 0 Å². The van der Waals surface area contributed by atoms with E-state index >= 15 is 0 Å². The minimum Gasteiger partial charge on any atom is -0.459 e. The number of hydrogen-bond acceptors (Lipinski definition) is 16. The molecule has 1 aromatic rings. The Morgan fingerprint density at radius 3 is 2.06 bits per heavy atom. The minimum absolute atomic E-state index is 0.0383. The standard InChI is InChI=1S/C45H72Cl2N2O14/c1-15-31-45(10,55)37(51)24(4)34(48-63-41(54)33-28(46)17-16-18-29(33)47)22(2)20-44(9,57-14)39(62-42-35(50)30(49(11)12)19-23(3)58-42)25(5)36(26(6)40(53)60-31)61-32-21-43(8,56-13)38(52)27(7)59-32/h16-18,22-27,30-32,35-39,42,50-52,55H,15,19-21H2,1-14H3/b48-34+/t22-,23-,24+,25?,26-,27+,30+,31-,32+,35-,36+,37-,38+,39-,42+,43-,44-,45-/m1/s1. The van der Waals surface area contributed by atoms with Gasteiger partial charge >= 0.3 is 11.9 Å². The number of likely N-dealkylation sites (N-methyl/N-ethyl adjacent to an activating group) is 1. The third-order valence-corrected chi connectivity index (χ3v) is 14.3. The molecule has 1 aromatic carbocycles. The number of oxime groups is 1. The highest BCUT2D eigenvalue weighted by molar-refractivity contribution is 6.39. The summed E-state index contributed by atoms with van der Waals surface area (Å²) >= 11 is 12.7. The van der Waals surface area contributed by atoms with Crippen LogP contribution in [0, 0.1) is 23.7 Å². The molecule has 4 N–H and O–H groups in total. The highest BCUT2D eigenvalue weighted by Crippen LogP contribution is 2.42. The van der Waals surface area contributed by atoms with E-state index < -0.39 is 108 Å². The number of halogens is 2. The van der Waals surface area contributed by atoms with Gasteiger partial charge in [-0.3, -0.25) is 4.79 Å². The van der Waals surface area contributed by atoms with Crippen molar-refractivity contribution >= 4 is 40.9 Å². The molecule has 0 bridgehead atoms. The monoisotopic (exact) mass is 934 g/mol. The minimum atomic E-state index is -2.06. The van der Waals surface area contributed by atoms with E-state index in [0.29, 0.717) is 6.42 Å². The molecule has 3 saturated heterocycles. The molecule has 0 saturated carbocycles. The van der Waals surface area contributed by atoms with E-state index in [1.54, 1.807) is 54.5 Å². The van der Waals surface area contributed by atoms with Crippen LogP contribution in [0.5, 0.6) is 0 Å². The molecule has 0 aliphatic carbocycles. The molecule has 3 fully saturated rings. The highest BCUT2D eigenvalue weighted by atomic mass is 35.5. The van der Waals surface area contributed by atoms with E-state index in [1.807, 2.05) is 32.8 Å². The van der Waals surface area contributed by atoms with Crippen LogP contribution in [0.15, 0.2) is 23.4 Å². The summed E-state index contributed by atoms with van der Waals surface area (Å²) in [4.78, 5) is 35.4. The van der Waals surface area contributed by atoms with Crippen LogP contribution in [-0.2, 0) is 42.8 Å². The fraction of sp³-hybridized carbons (Fsp3) is 0.800. The lowest BCUT2D eigenvalue weighted by Gasteiger charge is -2.50.